The molecule has 0 aliphatic carbocycles. The Hall–Kier alpha value is -4.07. The van der Waals surface area contributed by atoms with Gasteiger partial charge in [-0.2, -0.15) is 0 Å². The lowest BCUT2D eigenvalue weighted by molar-refractivity contribution is 0.0526. The highest BCUT2D eigenvalue weighted by atomic mass is 16.5. The molecule has 0 saturated heterocycles. The number of aryl methyl sites for hydroxylation is 2. The van der Waals surface area contributed by atoms with E-state index in [4.69, 9.17) is 4.74 Å². The van der Waals surface area contributed by atoms with Crippen LogP contribution in [0.5, 0.6) is 0 Å². The van der Waals surface area contributed by atoms with Gasteiger partial charge in [0.05, 0.1) is 39.5 Å². The quantitative estimate of drug-likeness (QED) is 0.496. The summed E-state index contributed by atoms with van der Waals surface area (Å²) >= 11 is 0. The van der Waals surface area contributed by atoms with Crippen LogP contribution in [0.2, 0.25) is 0 Å². The molecule has 0 saturated carbocycles. The molecule has 4 rings (SSSR count). The Bertz CT molecular complexity index is 1530. The van der Waals surface area contributed by atoms with Crippen molar-refractivity contribution in [2.75, 3.05) is 6.61 Å². The van der Waals surface area contributed by atoms with Crippen LogP contribution in [0.25, 0.3) is 29.4 Å². The van der Waals surface area contributed by atoms with Gasteiger partial charge in [-0.1, -0.05) is 12.6 Å². The first kappa shape index (κ1) is 20.2. The van der Waals surface area contributed by atoms with Crippen LogP contribution in [0.15, 0.2) is 52.1 Å². The van der Waals surface area contributed by atoms with Crippen molar-refractivity contribution in [3.8, 4) is 5.69 Å². The van der Waals surface area contributed by atoms with Gasteiger partial charge < -0.3 is 4.74 Å². The van der Waals surface area contributed by atoms with E-state index in [1.54, 1.807) is 60.5 Å². The van der Waals surface area contributed by atoms with Crippen molar-refractivity contribution in [3.05, 3.63) is 85.0 Å². The van der Waals surface area contributed by atoms with Gasteiger partial charge in [0.25, 0.3) is 5.56 Å². The third-order valence-corrected chi connectivity index (χ3v) is 5.25. The Labute approximate surface area is 176 Å². The van der Waals surface area contributed by atoms with Crippen molar-refractivity contribution in [1.29, 1.82) is 0 Å². The Balaban J connectivity index is 1.78. The molecule has 0 unspecified atom stereocenters. The molecule has 0 amide bonds. The number of carbonyl (C=O) groups is 1. The SMILES string of the molecule is C=c1[nH]n(-c2ccc(C(=O)OCC)cc2)c(=O)c1=Cc1ccc2c(c1)n(C)c(=O)n2C. The van der Waals surface area contributed by atoms with Crippen LogP contribution in [0.1, 0.15) is 22.8 Å². The number of benzene rings is 2. The highest BCUT2D eigenvalue weighted by molar-refractivity contribution is 5.89. The van der Waals surface area contributed by atoms with Crippen molar-refractivity contribution in [3.63, 3.8) is 0 Å². The minimum atomic E-state index is -0.412. The predicted molar refractivity (Wildman–Crippen MR) is 119 cm³/mol. The number of ether oxygens (including phenoxy) is 1. The van der Waals surface area contributed by atoms with Gasteiger partial charge in [0.1, 0.15) is 0 Å². The maximum atomic E-state index is 13.0. The van der Waals surface area contributed by atoms with Crippen LogP contribution < -0.4 is 21.8 Å². The third kappa shape index (κ3) is 3.42. The van der Waals surface area contributed by atoms with Gasteiger partial charge in [0.15, 0.2) is 0 Å². The van der Waals surface area contributed by atoms with Crippen molar-refractivity contribution in [1.82, 2.24) is 18.9 Å². The second-order valence-electron chi connectivity index (χ2n) is 7.21. The number of rotatable bonds is 4. The number of fused-ring (bicyclic) bond motifs is 1. The summed E-state index contributed by atoms with van der Waals surface area (Å²) in [6, 6.07) is 12.1. The first-order valence-electron chi connectivity index (χ1n) is 9.76. The summed E-state index contributed by atoms with van der Waals surface area (Å²) in [6.07, 6.45) is 1.74. The Morgan fingerprint density at radius 1 is 1.06 bits per heavy atom. The topological polar surface area (TPSA) is 91.0 Å². The fraction of sp³-hybridized carbons (Fsp3) is 0.174. The summed E-state index contributed by atoms with van der Waals surface area (Å²) in [5.74, 6) is -0.412. The summed E-state index contributed by atoms with van der Waals surface area (Å²) < 4.78 is 9.50. The molecule has 0 atom stereocenters. The number of nitrogens with one attached hydrogen (secondary N) is 1. The largest absolute Gasteiger partial charge is 0.462 e. The number of aromatic amines is 1. The van der Waals surface area contributed by atoms with Gasteiger partial charge in [-0.25, -0.2) is 14.3 Å². The second-order valence-corrected chi connectivity index (χ2v) is 7.21. The van der Waals surface area contributed by atoms with Crippen molar-refractivity contribution >= 4 is 29.7 Å². The number of H-pyrrole nitrogens is 1. The molecule has 1 N–H and O–H groups in total. The molecule has 158 valence electrons. The molecular formula is C23H22N4O4. The molecule has 0 aliphatic heterocycles. The standard InChI is InChI=1S/C23H22N4O4/c1-5-31-22(29)16-7-9-17(10-8-16)27-21(28)18(14(2)24-27)12-15-6-11-19-20(13-15)26(4)23(30)25(19)3/h6-13,24H,2,5H2,1,3-4H3. The molecule has 0 spiro atoms. The van der Waals surface area contributed by atoms with Crippen LogP contribution in [-0.4, -0.2) is 31.5 Å². The van der Waals surface area contributed by atoms with E-state index in [1.165, 1.54) is 4.68 Å². The van der Waals surface area contributed by atoms with Gasteiger partial charge in [-0.05, 0) is 55.0 Å². The van der Waals surface area contributed by atoms with E-state index >= 15 is 0 Å². The maximum absolute atomic E-state index is 13.0. The molecule has 2 heterocycles. The molecule has 4 aromatic rings. The Kier molecular flexibility index (Phi) is 4.98. The van der Waals surface area contributed by atoms with Gasteiger partial charge in [0, 0.05) is 14.1 Å². The lowest BCUT2D eigenvalue weighted by atomic mass is 10.1. The first-order chi connectivity index (χ1) is 14.8. The fourth-order valence-corrected chi connectivity index (χ4v) is 3.57. The molecule has 0 fully saturated rings. The highest BCUT2D eigenvalue weighted by Gasteiger charge is 2.10. The molecular weight excluding hydrogens is 396 g/mol. The lowest BCUT2D eigenvalue weighted by Crippen LogP contribution is -2.33. The van der Waals surface area contributed by atoms with Gasteiger partial charge in [-0.15, -0.1) is 0 Å². The smallest absolute Gasteiger partial charge is 0.338 e. The summed E-state index contributed by atoms with van der Waals surface area (Å²) in [4.78, 5) is 37.0. The molecule has 8 heteroatoms. The average molecular weight is 418 g/mol. The molecule has 31 heavy (non-hydrogen) atoms. The molecule has 8 nitrogen and oxygen atoms in total. The van der Waals surface area contributed by atoms with Gasteiger partial charge in [-0.3, -0.25) is 19.0 Å². The number of imidazole rings is 1. The molecule has 0 radical (unpaired) electrons. The first-order valence-corrected chi connectivity index (χ1v) is 9.76. The maximum Gasteiger partial charge on any atom is 0.338 e. The monoisotopic (exact) mass is 418 g/mol. The van der Waals surface area contributed by atoms with Crippen LogP contribution in [-0.2, 0) is 18.8 Å². The van der Waals surface area contributed by atoms with E-state index in [0.717, 1.165) is 16.6 Å². The molecule has 0 bridgehead atoms. The van der Waals surface area contributed by atoms with Crippen LogP contribution in [0, 0.1) is 0 Å². The lowest BCUT2D eigenvalue weighted by Gasteiger charge is -2.04. The minimum Gasteiger partial charge on any atom is -0.462 e. The van der Waals surface area contributed by atoms with Gasteiger partial charge in [0.2, 0.25) is 0 Å². The number of esters is 1. The Morgan fingerprint density at radius 2 is 1.74 bits per heavy atom. The van der Waals surface area contributed by atoms with Gasteiger partial charge >= 0.3 is 11.7 Å². The summed E-state index contributed by atoms with van der Waals surface area (Å²) in [5.41, 5.74) is 2.97. The van der Waals surface area contributed by atoms with E-state index in [1.807, 2.05) is 18.2 Å². The van der Waals surface area contributed by atoms with E-state index in [2.05, 4.69) is 11.7 Å². The molecule has 2 aromatic carbocycles. The zero-order chi connectivity index (χ0) is 22.3. The van der Waals surface area contributed by atoms with E-state index in [0.29, 0.717) is 28.4 Å². The number of hydrogen-bond acceptors (Lipinski definition) is 4. The predicted octanol–water partition coefficient (Wildman–Crippen LogP) is 0.772. The number of aromatic nitrogens is 4. The third-order valence-electron chi connectivity index (χ3n) is 5.25. The number of hydrogen-bond donors (Lipinski definition) is 1. The second kappa shape index (κ2) is 7.64. The van der Waals surface area contributed by atoms with E-state index < -0.39 is 5.97 Å². The zero-order valence-corrected chi connectivity index (χ0v) is 17.5. The molecule has 2 aromatic heterocycles. The summed E-state index contributed by atoms with van der Waals surface area (Å²) in [6.45, 7) is 5.99. The number of carbonyl (C=O) groups excluding carboxylic acids is 1. The number of nitrogens with zero attached hydrogens (tertiary/aromatic N) is 3. The fourth-order valence-electron chi connectivity index (χ4n) is 3.57. The zero-order valence-electron chi connectivity index (χ0n) is 17.5. The minimum absolute atomic E-state index is 0.111. The van der Waals surface area contributed by atoms with Crippen molar-refractivity contribution in [2.24, 2.45) is 14.1 Å². The highest BCUT2D eigenvalue weighted by Crippen LogP contribution is 2.14. The van der Waals surface area contributed by atoms with E-state index in [9.17, 15) is 14.4 Å². The van der Waals surface area contributed by atoms with Crippen molar-refractivity contribution in [2.45, 2.75) is 6.92 Å². The average Bonchev–Trinajstić information content (AvgIpc) is 3.17. The summed E-state index contributed by atoms with van der Waals surface area (Å²) in [7, 11) is 3.44. The van der Waals surface area contributed by atoms with E-state index in [-0.39, 0.29) is 11.2 Å². The Morgan fingerprint density at radius 3 is 2.42 bits per heavy atom. The normalized spacial score (nSPS) is 11.9. The summed E-state index contributed by atoms with van der Waals surface area (Å²) in [5, 5.41) is 3.84. The van der Waals surface area contributed by atoms with Crippen LogP contribution in [0.3, 0.4) is 0 Å². The van der Waals surface area contributed by atoms with Crippen molar-refractivity contribution < 1.29 is 9.53 Å². The van der Waals surface area contributed by atoms with Crippen LogP contribution >= 0.6 is 0 Å². The molecule has 0 aliphatic rings. The van der Waals surface area contributed by atoms with Crippen LogP contribution in [0.4, 0.5) is 0 Å².